The van der Waals surface area contributed by atoms with Crippen molar-refractivity contribution in [1.29, 1.82) is 0 Å². The molecular formula is C26H38BF4P2Rh+. The third-order valence-electron chi connectivity index (χ3n) is 6.74. The number of rotatable bonds is 2. The standard InChI is InChI=1S/C18H28P2.C8H8.BF4.Rh/c1-13-9-10-14(2)19(13)17-7-5-6-8-18(17)20-15(3)11-12-16(20)4;1-2-4-6-8-7-5-3-1;2-1(3,4)5;/h5-8,13-16H,9-12H2,1-4H3;1-2,7-8H2;;/q;;-1;/p+2/t13-,14-,15-,16-;;;/m1.../s1. The number of hydrogen-bond acceptors (Lipinski definition) is 0. The minimum Gasteiger partial charge on any atom is -0.418 e. The molecule has 0 aromatic heterocycles. The van der Waals surface area contributed by atoms with Gasteiger partial charge in [0.15, 0.2) is 0 Å². The number of benzene rings is 1. The van der Waals surface area contributed by atoms with E-state index in [9.17, 15) is 17.3 Å². The monoisotopic (exact) mass is 602 g/mol. The Morgan fingerprint density at radius 3 is 1.09 bits per heavy atom. The van der Waals surface area contributed by atoms with E-state index in [2.05, 4.69) is 75.6 Å². The summed E-state index contributed by atoms with van der Waals surface area (Å²) in [7, 11) is -6.66. The molecule has 2 saturated heterocycles. The zero-order valence-electron chi connectivity index (χ0n) is 20.7. The molecule has 0 amide bonds. The van der Waals surface area contributed by atoms with E-state index >= 15 is 0 Å². The van der Waals surface area contributed by atoms with E-state index in [1.807, 2.05) is 10.6 Å². The molecule has 1 radical (unpaired) electrons. The summed E-state index contributed by atoms with van der Waals surface area (Å²) in [6.45, 7) is 10.1. The van der Waals surface area contributed by atoms with E-state index in [-0.39, 0.29) is 35.3 Å². The average molecular weight is 602 g/mol. The molecule has 2 aliphatic heterocycles. The summed E-state index contributed by atoms with van der Waals surface area (Å²) in [4.78, 5) is 0. The topological polar surface area (TPSA) is 0 Å². The molecule has 1 aliphatic carbocycles. The first kappa shape index (κ1) is 31.6. The average Bonchev–Trinajstić information content (AvgIpc) is 3.21. The van der Waals surface area contributed by atoms with Crippen molar-refractivity contribution in [3.63, 3.8) is 0 Å². The molecule has 34 heavy (non-hydrogen) atoms. The van der Waals surface area contributed by atoms with Crippen molar-refractivity contribution >= 4 is 33.7 Å². The summed E-state index contributed by atoms with van der Waals surface area (Å²) in [6, 6.07) is 9.64. The van der Waals surface area contributed by atoms with Crippen molar-refractivity contribution in [2.24, 2.45) is 0 Å². The molecule has 0 nitrogen and oxygen atoms in total. The van der Waals surface area contributed by atoms with Gasteiger partial charge in [0.2, 0.25) is 0 Å². The Kier molecular flexibility index (Phi) is 14.6. The molecule has 0 spiro atoms. The van der Waals surface area contributed by atoms with Gasteiger partial charge in [-0.15, -0.1) is 23.7 Å². The Bertz CT molecular complexity index is 764. The Morgan fingerprint density at radius 1 is 0.618 bits per heavy atom. The molecule has 0 bridgehead atoms. The van der Waals surface area contributed by atoms with Crippen molar-refractivity contribution in [3.8, 4) is 23.7 Å². The van der Waals surface area contributed by atoms with Crippen LogP contribution in [0.25, 0.3) is 0 Å². The van der Waals surface area contributed by atoms with Crippen LogP contribution in [0.1, 0.15) is 79.1 Å². The molecule has 8 heteroatoms. The second-order valence-corrected chi connectivity index (χ2v) is 16.3. The first-order valence-electron chi connectivity index (χ1n) is 12.2. The van der Waals surface area contributed by atoms with Gasteiger partial charge in [0.05, 0.1) is 22.6 Å². The normalized spacial score (nSPS) is 26.6. The minimum atomic E-state index is -6.00. The van der Waals surface area contributed by atoms with E-state index in [4.69, 9.17) is 0 Å². The summed E-state index contributed by atoms with van der Waals surface area (Å²) in [5.41, 5.74) is 3.91. The third kappa shape index (κ3) is 10.7. The fourth-order valence-corrected chi connectivity index (χ4v) is 13.5. The van der Waals surface area contributed by atoms with E-state index in [1.165, 1.54) is 25.7 Å². The van der Waals surface area contributed by atoms with E-state index in [0.29, 0.717) is 0 Å². The first-order valence-corrected chi connectivity index (χ1v) is 15.5. The van der Waals surface area contributed by atoms with E-state index < -0.39 is 7.25 Å². The molecule has 4 rings (SSSR count). The van der Waals surface area contributed by atoms with Crippen LogP contribution < -0.4 is 10.6 Å². The first-order chi connectivity index (χ1) is 15.6. The van der Waals surface area contributed by atoms with Crippen LogP contribution in [-0.2, 0) is 19.5 Å². The van der Waals surface area contributed by atoms with Crippen LogP contribution >= 0.6 is 15.8 Å². The second kappa shape index (κ2) is 15.7. The SMILES string of the molecule is C1#CCCC#CCC1.C[C@@H]1CC[C@@H](C)[PH+]1c1ccccc1[PH+]1[C@H](C)CC[C@H]1C.F[B-](F)(F)F.[Rh]. The fraction of sp³-hybridized carbons (Fsp3) is 0.615. The van der Waals surface area contributed by atoms with Gasteiger partial charge >= 0.3 is 7.25 Å². The zero-order valence-corrected chi connectivity index (χ0v) is 24.3. The second-order valence-electron chi connectivity index (χ2n) is 9.42. The van der Waals surface area contributed by atoms with Crippen LogP contribution in [0.2, 0.25) is 0 Å². The molecule has 0 saturated carbocycles. The quantitative estimate of drug-likeness (QED) is 0.144. The van der Waals surface area contributed by atoms with Crippen molar-refractivity contribution < 1.29 is 36.7 Å². The van der Waals surface area contributed by atoms with Crippen molar-refractivity contribution in [3.05, 3.63) is 24.3 Å². The largest absolute Gasteiger partial charge is 0.673 e. The van der Waals surface area contributed by atoms with Crippen LogP contribution in [0.4, 0.5) is 17.3 Å². The summed E-state index contributed by atoms with van der Waals surface area (Å²) < 4.78 is 39.0. The van der Waals surface area contributed by atoms with Crippen molar-refractivity contribution in [1.82, 2.24) is 0 Å². The Morgan fingerprint density at radius 2 is 0.853 bits per heavy atom. The van der Waals surface area contributed by atoms with Gasteiger partial charge in [-0.3, -0.25) is 0 Å². The van der Waals surface area contributed by atoms with Crippen LogP contribution in [-0.4, -0.2) is 29.9 Å². The number of halogens is 4. The van der Waals surface area contributed by atoms with Crippen LogP contribution in [0.15, 0.2) is 24.3 Å². The van der Waals surface area contributed by atoms with Crippen LogP contribution in [0.5, 0.6) is 0 Å². The maximum atomic E-state index is 9.75. The van der Waals surface area contributed by atoms with E-state index in [1.54, 1.807) is 0 Å². The van der Waals surface area contributed by atoms with Gasteiger partial charge in [-0.2, -0.15) is 0 Å². The van der Waals surface area contributed by atoms with Gasteiger partial charge < -0.3 is 17.3 Å². The summed E-state index contributed by atoms with van der Waals surface area (Å²) in [5, 5.41) is 3.67. The molecule has 2 heterocycles. The number of hydrogen-bond donors (Lipinski definition) is 0. The molecule has 191 valence electrons. The molecule has 1 aromatic carbocycles. The maximum absolute atomic E-state index is 9.75. The smallest absolute Gasteiger partial charge is 0.418 e. The Balaban J connectivity index is 0.000000343. The fourth-order valence-electron chi connectivity index (χ4n) is 5.25. The van der Waals surface area contributed by atoms with Gasteiger partial charge in [0.25, 0.3) is 0 Å². The minimum absolute atomic E-state index is 0. The van der Waals surface area contributed by atoms with Gasteiger partial charge in [-0.25, -0.2) is 0 Å². The summed E-state index contributed by atoms with van der Waals surface area (Å²) in [6.07, 6.45) is 9.74. The third-order valence-corrected chi connectivity index (χ3v) is 14.5. The zero-order chi connectivity index (χ0) is 24.4. The van der Waals surface area contributed by atoms with Crippen molar-refractivity contribution in [2.75, 3.05) is 0 Å². The van der Waals surface area contributed by atoms with Gasteiger partial charge in [-0.1, -0.05) is 12.1 Å². The van der Waals surface area contributed by atoms with Gasteiger partial charge in [0.1, 0.15) is 10.6 Å². The van der Waals surface area contributed by atoms with Crippen LogP contribution in [0, 0.1) is 23.7 Å². The Labute approximate surface area is 219 Å². The summed E-state index contributed by atoms with van der Waals surface area (Å²) in [5.74, 6) is 12.1. The van der Waals surface area contributed by atoms with E-state index in [0.717, 1.165) is 48.3 Å². The molecule has 3 aliphatic rings. The maximum Gasteiger partial charge on any atom is 0.673 e. The molecule has 4 atom stereocenters. The van der Waals surface area contributed by atoms with Crippen LogP contribution in [0.3, 0.4) is 0 Å². The molecule has 0 N–H and O–H groups in total. The Hall–Kier alpha value is -0.392. The van der Waals surface area contributed by atoms with Crippen molar-refractivity contribution in [2.45, 2.75) is 102 Å². The van der Waals surface area contributed by atoms with Gasteiger partial charge in [0, 0.05) is 61.0 Å². The predicted octanol–water partition coefficient (Wildman–Crippen LogP) is 7.37. The molecular weight excluding hydrogens is 564 g/mol. The molecule has 2 fully saturated rings. The molecule has 0 unspecified atom stereocenters. The molecule has 1 aromatic rings. The summed E-state index contributed by atoms with van der Waals surface area (Å²) >= 11 is 0. The van der Waals surface area contributed by atoms with Gasteiger partial charge in [-0.05, 0) is 65.5 Å². The predicted molar refractivity (Wildman–Crippen MR) is 143 cm³/mol.